The zero-order chi connectivity index (χ0) is 22.6. The molecule has 31 heavy (non-hydrogen) atoms. The Morgan fingerprint density at radius 3 is 2.42 bits per heavy atom. The monoisotopic (exact) mass is 448 g/mol. The molecule has 0 radical (unpaired) electrons. The zero-order valence-electron chi connectivity index (χ0n) is 16.6. The van der Waals surface area contributed by atoms with Crippen LogP contribution in [0.5, 0.6) is 5.75 Å². The summed E-state index contributed by atoms with van der Waals surface area (Å²) in [5, 5.41) is 13.8. The van der Waals surface area contributed by atoms with Gasteiger partial charge in [0.1, 0.15) is 11.5 Å². The molecule has 0 saturated carbocycles. The van der Waals surface area contributed by atoms with Crippen molar-refractivity contribution in [3.63, 3.8) is 0 Å². The smallest absolute Gasteiger partial charge is 0.243 e. The van der Waals surface area contributed by atoms with Crippen LogP contribution in [0, 0.1) is 5.82 Å². The molecule has 0 bridgehead atoms. The van der Waals surface area contributed by atoms with Gasteiger partial charge in [0, 0.05) is 24.0 Å². The largest absolute Gasteiger partial charge is 0.494 e. The van der Waals surface area contributed by atoms with Gasteiger partial charge in [-0.15, -0.1) is 0 Å². The third-order valence-corrected chi connectivity index (χ3v) is 5.57. The summed E-state index contributed by atoms with van der Waals surface area (Å²) in [7, 11) is -2.48. The van der Waals surface area contributed by atoms with E-state index >= 15 is 0 Å². The van der Waals surface area contributed by atoms with Gasteiger partial charge in [-0.25, -0.2) is 23.4 Å². The number of furan rings is 1. The number of halogens is 1. The van der Waals surface area contributed by atoms with E-state index in [0.717, 1.165) is 0 Å². The molecule has 0 spiro atoms. The van der Waals surface area contributed by atoms with Gasteiger partial charge in [0.2, 0.25) is 15.9 Å². The van der Waals surface area contributed by atoms with Crippen LogP contribution in [-0.4, -0.2) is 26.6 Å². The number of hydroxylamine groups is 1. The molecule has 0 aliphatic carbocycles. The molecule has 1 amide bonds. The molecule has 0 fully saturated rings. The second-order valence-electron chi connectivity index (χ2n) is 6.76. The van der Waals surface area contributed by atoms with Crippen molar-refractivity contribution in [3.8, 4) is 28.2 Å². The molecule has 3 aromatic rings. The zero-order valence-corrected chi connectivity index (χ0v) is 17.4. The Morgan fingerprint density at radius 1 is 1.16 bits per heavy atom. The van der Waals surface area contributed by atoms with E-state index in [0.29, 0.717) is 41.1 Å². The molecule has 0 atom stereocenters. The maximum Gasteiger partial charge on any atom is 0.243 e. The Kier molecular flexibility index (Phi) is 6.74. The normalized spacial score (nSPS) is 11.4. The van der Waals surface area contributed by atoms with Crippen LogP contribution in [-0.2, 0) is 21.2 Å². The van der Waals surface area contributed by atoms with E-state index in [-0.39, 0.29) is 17.1 Å². The number of hydrogen-bond donors (Lipinski definition) is 3. The first kappa shape index (κ1) is 22.5. The van der Waals surface area contributed by atoms with Crippen molar-refractivity contribution in [1.29, 1.82) is 0 Å². The number of methoxy groups -OCH3 is 1. The summed E-state index contributed by atoms with van der Waals surface area (Å²) < 4.78 is 48.3. The molecule has 164 valence electrons. The molecule has 2 aromatic carbocycles. The number of sulfonamides is 1. The average Bonchev–Trinajstić information content (AvgIpc) is 3.17. The number of rotatable bonds is 8. The summed E-state index contributed by atoms with van der Waals surface area (Å²) in [6, 6.07) is 12.0. The van der Waals surface area contributed by atoms with E-state index in [9.17, 15) is 17.6 Å². The highest BCUT2D eigenvalue weighted by Gasteiger charge is 2.18. The SMILES string of the molecule is COc1ccc(-c2cc(CCCC(=O)NO)oc2-c2ccc(S(N)(=O)=O)cc2)cc1F. The lowest BCUT2D eigenvalue weighted by molar-refractivity contribution is -0.129. The van der Waals surface area contributed by atoms with Gasteiger partial charge in [-0.2, -0.15) is 0 Å². The summed E-state index contributed by atoms with van der Waals surface area (Å²) in [6.07, 6.45) is 0.913. The van der Waals surface area contributed by atoms with Crippen LogP contribution < -0.4 is 15.4 Å². The van der Waals surface area contributed by atoms with Crippen molar-refractivity contribution in [3.05, 3.63) is 60.1 Å². The fraction of sp³-hybridized carbons (Fsp3) is 0.190. The topological polar surface area (TPSA) is 132 Å². The minimum Gasteiger partial charge on any atom is -0.494 e. The minimum atomic E-state index is -3.85. The molecule has 0 aliphatic heterocycles. The van der Waals surface area contributed by atoms with E-state index in [1.54, 1.807) is 29.7 Å². The van der Waals surface area contributed by atoms with Crippen LogP contribution in [0.1, 0.15) is 18.6 Å². The fourth-order valence-corrected chi connectivity index (χ4v) is 3.62. The van der Waals surface area contributed by atoms with Gasteiger partial charge in [0.25, 0.3) is 0 Å². The number of benzene rings is 2. The molecule has 10 heteroatoms. The van der Waals surface area contributed by atoms with E-state index < -0.39 is 21.7 Å². The van der Waals surface area contributed by atoms with Crippen molar-refractivity contribution in [2.24, 2.45) is 5.14 Å². The summed E-state index contributed by atoms with van der Waals surface area (Å²) >= 11 is 0. The van der Waals surface area contributed by atoms with Crippen LogP contribution in [0.25, 0.3) is 22.5 Å². The Morgan fingerprint density at radius 2 is 1.84 bits per heavy atom. The van der Waals surface area contributed by atoms with Crippen LogP contribution in [0.4, 0.5) is 4.39 Å². The number of hydrogen-bond acceptors (Lipinski definition) is 6. The summed E-state index contributed by atoms with van der Waals surface area (Å²) in [6.45, 7) is 0. The number of nitrogens with one attached hydrogen (secondary N) is 1. The van der Waals surface area contributed by atoms with Crippen LogP contribution in [0.3, 0.4) is 0 Å². The second-order valence-corrected chi connectivity index (χ2v) is 8.32. The Balaban J connectivity index is 2.01. The number of aryl methyl sites for hydroxylation is 1. The van der Waals surface area contributed by atoms with E-state index in [2.05, 4.69) is 0 Å². The summed E-state index contributed by atoms with van der Waals surface area (Å²) in [5.74, 6) is -0.00289. The van der Waals surface area contributed by atoms with Gasteiger partial charge in [-0.05, 0) is 54.4 Å². The van der Waals surface area contributed by atoms with Gasteiger partial charge in [0.15, 0.2) is 11.6 Å². The van der Waals surface area contributed by atoms with Crippen molar-refractivity contribution >= 4 is 15.9 Å². The Hall–Kier alpha value is -3.21. The number of ether oxygens (including phenoxy) is 1. The molecular weight excluding hydrogens is 427 g/mol. The van der Waals surface area contributed by atoms with Crippen LogP contribution in [0.15, 0.2) is 57.8 Å². The van der Waals surface area contributed by atoms with E-state index in [4.69, 9.17) is 19.5 Å². The van der Waals surface area contributed by atoms with Crippen molar-refractivity contribution in [1.82, 2.24) is 5.48 Å². The number of primary sulfonamides is 1. The van der Waals surface area contributed by atoms with Gasteiger partial charge in [0.05, 0.1) is 12.0 Å². The first-order valence-corrected chi connectivity index (χ1v) is 10.8. The quantitative estimate of drug-likeness (QED) is 0.358. The van der Waals surface area contributed by atoms with E-state index in [1.165, 1.54) is 31.4 Å². The Bertz CT molecular complexity index is 1190. The lowest BCUT2D eigenvalue weighted by Gasteiger charge is -2.07. The second kappa shape index (κ2) is 9.29. The molecule has 0 saturated heterocycles. The molecular formula is C21H21FN2O6S. The maximum atomic E-state index is 14.3. The molecule has 4 N–H and O–H groups in total. The summed E-state index contributed by atoms with van der Waals surface area (Å²) in [4.78, 5) is 11.2. The van der Waals surface area contributed by atoms with Crippen molar-refractivity contribution in [2.45, 2.75) is 24.2 Å². The predicted octanol–water partition coefficient (Wildman–Crippen LogP) is 3.24. The fourth-order valence-electron chi connectivity index (χ4n) is 3.10. The predicted molar refractivity (Wildman–Crippen MR) is 110 cm³/mol. The average molecular weight is 448 g/mol. The van der Waals surface area contributed by atoms with Gasteiger partial charge in [-0.3, -0.25) is 10.0 Å². The van der Waals surface area contributed by atoms with Crippen molar-refractivity contribution < 1.29 is 32.0 Å². The van der Waals surface area contributed by atoms with Gasteiger partial charge >= 0.3 is 0 Å². The van der Waals surface area contributed by atoms with Gasteiger partial charge in [-0.1, -0.05) is 6.07 Å². The number of carbonyl (C=O) groups excluding carboxylic acids is 1. The highest BCUT2D eigenvalue weighted by atomic mass is 32.2. The lowest BCUT2D eigenvalue weighted by atomic mass is 10.0. The lowest BCUT2D eigenvalue weighted by Crippen LogP contribution is -2.17. The molecule has 0 unspecified atom stereocenters. The third-order valence-electron chi connectivity index (χ3n) is 4.64. The highest BCUT2D eigenvalue weighted by molar-refractivity contribution is 7.89. The maximum absolute atomic E-state index is 14.3. The number of carbonyl (C=O) groups is 1. The molecule has 1 aromatic heterocycles. The van der Waals surface area contributed by atoms with Crippen LogP contribution >= 0.6 is 0 Å². The first-order valence-electron chi connectivity index (χ1n) is 9.25. The molecule has 0 aliphatic rings. The number of nitrogens with two attached hydrogens (primary N) is 1. The summed E-state index contributed by atoms with van der Waals surface area (Å²) in [5.41, 5.74) is 3.26. The van der Waals surface area contributed by atoms with Gasteiger partial charge < -0.3 is 9.15 Å². The molecule has 8 nitrogen and oxygen atoms in total. The highest BCUT2D eigenvalue weighted by Crippen LogP contribution is 2.37. The molecule has 3 rings (SSSR count). The van der Waals surface area contributed by atoms with E-state index in [1.807, 2.05) is 0 Å². The molecule has 1 heterocycles. The Labute approximate surface area is 178 Å². The number of amides is 1. The van der Waals surface area contributed by atoms with Crippen LogP contribution in [0.2, 0.25) is 0 Å². The van der Waals surface area contributed by atoms with Crippen molar-refractivity contribution in [2.75, 3.05) is 7.11 Å². The third kappa shape index (κ3) is 5.29. The first-order chi connectivity index (χ1) is 14.7. The minimum absolute atomic E-state index is 0.0462. The standard InChI is InChI=1S/C21H21FN2O6S/c1-29-19-10-7-14(11-18(19)22)17-12-15(3-2-4-20(25)24-26)30-21(17)13-5-8-16(9-6-13)31(23,27)28/h5-12,26H,2-4H2,1H3,(H,24,25)(H2,23,27,28).